The van der Waals surface area contributed by atoms with Gasteiger partial charge in [-0.15, -0.1) is 11.3 Å². The Morgan fingerprint density at radius 1 is 1.19 bits per heavy atom. The molecule has 1 aliphatic heterocycles. The summed E-state index contributed by atoms with van der Waals surface area (Å²) in [5, 5.41) is 4.70. The summed E-state index contributed by atoms with van der Waals surface area (Å²) >= 11 is 1.64. The summed E-state index contributed by atoms with van der Waals surface area (Å²) in [4.78, 5) is 25.6. The van der Waals surface area contributed by atoms with Crippen molar-refractivity contribution in [2.24, 2.45) is 0 Å². The van der Waals surface area contributed by atoms with Crippen molar-refractivity contribution in [2.75, 3.05) is 36.4 Å². The second-order valence-electron chi connectivity index (χ2n) is 6.50. The molecule has 140 valence electrons. The van der Waals surface area contributed by atoms with Crippen LogP contribution in [-0.4, -0.2) is 53.0 Å². The largest absolute Gasteiger partial charge is 0.353 e. The maximum Gasteiger partial charge on any atom is 0.241 e. The Morgan fingerprint density at radius 3 is 2.74 bits per heavy atom. The quantitative estimate of drug-likeness (QED) is 0.748. The predicted molar refractivity (Wildman–Crippen MR) is 106 cm³/mol. The van der Waals surface area contributed by atoms with Crippen molar-refractivity contribution in [1.82, 2.24) is 14.9 Å². The Morgan fingerprint density at radius 2 is 1.96 bits per heavy atom. The smallest absolute Gasteiger partial charge is 0.241 e. The van der Waals surface area contributed by atoms with Crippen molar-refractivity contribution < 1.29 is 9.18 Å². The average Bonchev–Trinajstić information content (AvgIpc) is 3.18. The predicted octanol–water partition coefficient (Wildman–Crippen LogP) is 2.98. The normalized spacial score (nSPS) is 16.4. The van der Waals surface area contributed by atoms with Crippen molar-refractivity contribution in [1.29, 1.82) is 0 Å². The SMILES string of the molecule is C[C@H](C(=O)Nc1ccccc1F)N1CCN(c2ncnc3ccsc23)CC1. The van der Waals surface area contributed by atoms with Gasteiger partial charge in [0.25, 0.3) is 0 Å². The monoisotopic (exact) mass is 385 g/mol. The lowest BCUT2D eigenvalue weighted by Gasteiger charge is -2.38. The van der Waals surface area contributed by atoms with Crippen LogP contribution in [-0.2, 0) is 4.79 Å². The Kier molecular flexibility index (Phi) is 5.00. The number of benzene rings is 1. The lowest BCUT2D eigenvalue weighted by atomic mass is 10.2. The van der Waals surface area contributed by atoms with E-state index in [1.54, 1.807) is 35.9 Å². The van der Waals surface area contributed by atoms with Crippen LogP contribution in [0.25, 0.3) is 10.2 Å². The summed E-state index contributed by atoms with van der Waals surface area (Å²) in [5.74, 6) is 0.334. The van der Waals surface area contributed by atoms with Gasteiger partial charge in [-0.25, -0.2) is 14.4 Å². The number of amides is 1. The summed E-state index contributed by atoms with van der Waals surface area (Å²) in [7, 11) is 0. The first-order valence-corrected chi connectivity index (χ1v) is 9.74. The summed E-state index contributed by atoms with van der Waals surface area (Å²) < 4.78 is 14.8. The Balaban J connectivity index is 1.39. The number of anilines is 2. The third kappa shape index (κ3) is 3.63. The number of thiophene rings is 1. The molecular weight excluding hydrogens is 365 g/mol. The van der Waals surface area contributed by atoms with Gasteiger partial charge in [0, 0.05) is 26.2 Å². The first-order valence-electron chi connectivity index (χ1n) is 8.86. The summed E-state index contributed by atoms with van der Waals surface area (Å²) in [6.45, 7) is 4.89. The van der Waals surface area contributed by atoms with Crippen LogP contribution in [0, 0.1) is 5.82 Å². The molecule has 0 saturated carbocycles. The molecule has 2 aromatic heterocycles. The van der Waals surface area contributed by atoms with Crippen molar-refractivity contribution in [3.8, 4) is 0 Å². The first kappa shape index (κ1) is 17.8. The van der Waals surface area contributed by atoms with Crippen molar-refractivity contribution in [3.63, 3.8) is 0 Å². The van der Waals surface area contributed by atoms with E-state index in [9.17, 15) is 9.18 Å². The fourth-order valence-corrected chi connectivity index (χ4v) is 4.15. The number of rotatable bonds is 4. The second kappa shape index (κ2) is 7.58. The van der Waals surface area contributed by atoms with Crippen LogP contribution in [0.1, 0.15) is 6.92 Å². The molecule has 3 heterocycles. The number of nitrogens with zero attached hydrogens (tertiary/aromatic N) is 4. The minimum atomic E-state index is -0.424. The van der Waals surface area contributed by atoms with Crippen LogP contribution in [0.15, 0.2) is 42.0 Å². The van der Waals surface area contributed by atoms with Gasteiger partial charge in [0.2, 0.25) is 5.91 Å². The highest BCUT2D eigenvalue weighted by Crippen LogP contribution is 2.28. The van der Waals surface area contributed by atoms with E-state index in [1.165, 1.54) is 6.07 Å². The van der Waals surface area contributed by atoms with Gasteiger partial charge in [-0.1, -0.05) is 12.1 Å². The molecule has 0 bridgehead atoms. The van der Waals surface area contributed by atoms with Crippen LogP contribution in [0.4, 0.5) is 15.9 Å². The Labute approximate surface area is 160 Å². The highest BCUT2D eigenvalue weighted by molar-refractivity contribution is 7.17. The molecule has 1 N–H and O–H groups in total. The van der Waals surface area contributed by atoms with Crippen LogP contribution in [0.5, 0.6) is 0 Å². The molecule has 1 fully saturated rings. The number of halogens is 1. The molecule has 0 spiro atoms. The van der Waals surface area contributed by atoms with Crippen molar-refractivity contribution >= 4 is 39.0 Å². The molecule has 0 unspecified atom stereocenters. The van der Waals surface area contributed by atoms with E-state index >= 15 is 0 Å². The van der Waals surface area contributed by atoms with Gasteiger partial charge in [0.15, 0.2) is 0 Å². The number of hydrogen-bond acceptors (Lipinski definition) is 6. The molecule has 1 amide bonds. The van der Waals surface area contributed by atoms with E-state index in [1.807, 2.05) is 18.4 Å². The zero-order chi connectivity index (χ0) is 18.8. The molecule has 4 rings (SSSR count). The van der Waals surface area contributed by atoms with Gasteiger partial charge in [0.05, 0.1) is 21.9 Å². The number of fused-ring (bicyclic) bond motifs is 1. The van der Waals surface area contributed by atoms with E-state index in [4.69, 9.17) is 0 Å². The third-order valence-corrected chi connectivity index (χ3v) is 5.80. The van der Waals surface area contributed by atoms with Crippen molar-refractivity contribution in [2.45, 2.75) is 13.0 Å². The zero-order valence-electron chi connectivity index (χ0n) is 14.9. The molecule has 8 heteroatoms. The summed E-state index contributed by atoms with van der Waals surface area (Å²) in [6, 6.07) is 7.88. The lowest BCUT2D eigenvalue weighted by Crippen LogP contribution is -2.53. The van der Waals surface area contributed by atoms with Gasteiger partial charge in [-0.2, -0.15) is 0 Å². The van der Waals surface area contributed by atoms with E-state index in [2.05, 4.69) is 25.1 Å². The molecule has 27 heavy (non-hydrogen) atoms. The fourth-order valence-electron chi connectivity index (χ4n) is 3.29. The third-order valence-electron chi connectivity index (χ3n) is 4.90. The van der Waals surface area contributed by atoms with Gasteiger partial charge in [-0.05, 0) is 30.5 Å². The fraction of sp³-hybridized carbons (Fsp3) is 0.316. The molecule has 1 saturated heterocycles. The second-order valence-corrected chi connectivity index (χ2v) is 7.42. The lowest BCUT2D eigenvalue weighted by molar-refractivity contribution is -0.120. The molecule has 1 aromatic carbocycles. The number of carbonyl (C=O) groups excluding carboxylic acids is 1. The molecule has 0 radical (unpaired) electrons. The van der Waals surface area contributed by atoms with E-state index in [0.717, 1.165) is 42.2 Å². The van der Waals surface area contributed by atoms with Gasteiger partial charge < -0.3 is 10.2 Å². The zero-order valence-corrected chi connectivity index (χ0v) is 15.7. The maximum absolute atomic E-state index is 13.7. The van der Waals surface area contributed by atoms with E-state index in [-0.39, 0.29) is 17.6 Å². The van der Waals surface area contributed by atoms with Crippen molar-refractivity contribution in [3.05, 3.63) is 47.9 Å². The Hall–Kier alpha value is -2.58. The molecule has 6 nitrogen and oxygen atoms in total. The molecule has 0 aliphatic carbocycles. The van der Waals surface area contributed by atoms with Gasteiger partial charge in [-0.3, -0.25) is 9.69 Å². The highest BCUT2D eigenvalue weighted by atomic mass is 32.1. The van der Waals surface area contributed by atoms with Gasteiger partial charge >= 0.3 is 0 Å². The number of carbonyl (C=O) groups is 1. The minimum Gasteiger partial charge on any atom is -0.353 e. The minimum absolute atomic E-state index is 0.198. The number of para-hydroxylation sites is 1. The average molecular weight is 385 g/mol. The Bertz CT molecular complexity index is 954. The van der Waals surface area contributed by atoms with Crippen LogP contribution in [0.2, 0.25) is 0 Å². The topological polar surface area (TPSA) is 61.4 Å². The van der Waals surface area contributed by atoms with E-state index in [0.29, 0.717) is 0 Å². The highest BCUT2D eigenvalue weighted by Gasteiger charge is 2.27. The number of piperazine rings is 1. The van der Waals surface area contributed by atoms with Crippen LogP contribution in [0.3, 0.4) is 0 Å². The number of hydrogen-bond donors (Lipinski definition) is 1. The molecule has 3 aromatic rings. The maximum atomic E-state index is 13.7. The van der Waals surface area contributed by atoms with Crippen LogP contribution < -0.4 is 10.2 Å². The molecular formula is C19H20FN5OS. The number of aromatic nitrogens is 2. The molecule has 1 aliphatic rings. The first-order chi connectivity index (χ1) is 13.1. The molecule has 1 atom stereocenters. The van der Waals surface area contributed by atoms with Crippen LogP contribution >= 0.6 is 11.3 Å². The number of nitrogens with one attached hydrogen (secondary N) is 1. The summed E-state index contributed by atoms with van der Waals surface area (Å²) in [5.41, 5.74) is 1.18. The summed E-state index contributed by atoms with van der Waals surface area (Å²) in [6.07, 6.45) is 1.60. The van der Waals surface area contributed by atoms with E-state index < -0.39 is 5.82 Å². The standard InChI is InChI=1S/C19H20FN5OS/c1-13(19(26)23-15-5-3-2-4-14(15)20)24-7-9-25(10-8-24)18-17-16(6-11-27-17)21-12-22-18/h2-6,11-13H,7-10H2,1H3,(H,23,26)/t13-/m1/s1. The van der Waals surface area contributed by atoms with Gasteiger partial charge in [0.1, 0.15) is 18.0 Å².